The van der Waals surface area contributed by atoms with Crippen molar-refractivity contribution < 1.29 is 14.3 Å². The van der Waals surface area contributed by atoms with Crippen LogP contribution in [0.15, 0.2) is 30.7 Å². The molecule has 0 saturated carbocycles. The number of amides is 2. The Bertz CT molecular complexity index is 1010. The number of rotatable bonds is 3. The molecule has 0 aromatic carbocycles. The number of fused-ring (bicyclic) bond motifs is 1. The van der Waals surface area contributed by atoms with Crippen LogP contribution in [0.2, 0.25) is 5.02 Å². The molecule has 0 radical (unpaired) electrons. The van der Waals surface area contributed by atoms with Gasteiger partial charge in [0, 0.05) is 44.8 Å². The van der Waals surface area contributed by atoms with E-state index in [1.807, 2.05) is 0 Å². The molecule has 2 aromatic heterocycles. The zero-order valence-electron chi connectivity index (χ0n) is 16.3. The van der Waals surface area contributed by atoms with Gasteiger partial charge >= 0.3 is 6.09 Å². The quantitative estimate of drug-likeness (QED) is 0.693. The zero-order chi connectivity index (χ0) is 21.1. The zero-order valence-corrected chi connectivity index (χ0v) is 17.0. The van der Waals surface area contributed by atoms with Gasteiger partial charge in [-0.05, 0) is 19.1 Å². The highest BCUT2D eigenvalue weighted by Crippen LogP contribution is 2.35. The number of nitrogens with zero attached hydrogens (tertiary/aromatic N) is 6. The average molecular weight is 427 g/mol. The Balaban J connectivity index is 1.53. The van der Waals surface area contributed by atoms with Crippen molar-refractivity contribution in [3.8, 4) is 11.8 Å². The Morgan fingerprint density at radius 2 is 1.97 bits per heavy atom. The molecule has 9 nitrogen and oxygen atoms in total. The molecule has 154 valence electrons. The molecule has 2 aliphatic heterocycles. The molecule has 10 heteroatoms. The van der Waals surface area contributed by atoms with Crippen molar-refractivity contribution in [2.24, 2.45) is 0 Å². The molecule has 0 spiro atoms. The normalized spacial score (nSPS) is 18.6. The van der Waals surface area contributed by atoms with Crippen LogP contribution in [0.1, 0.15) is 29.3 Å². The lowest BCUT2D eigenvalue weighted by atomic mass is 10.3. The first-order valence-corrected chi connectivity index (χ1v) is 9.80. The number of ether oxygens (including phenoxy) is 1. The number of anilines is 1. The summed E-state index contributed by atoms with van der Waals surface area (Å²) in [5, 5.41) is 0.429. The van der Waals surface area contributed by atoms with Crippen molar-refractivity contribution in [1.29, 1.82) is 0 Å². The predicted octanol–water partition coefficient (Wildman–Crippen LogP) is 1.96. The average Bonchev–Trinajstić information content (AvgIpc) is 3.05. The van der Waals surface area contributed by atoms with E-state index in [-0.39, 0.29) is 11.4 Å². The summed E-state index contributed by atoms with van der Waals surface area (Å²) in [6.07, 6.45) is 2.73. The van der Waals surface area contributed by atoms with Gasteiger partial charge in [-0.3, -0.25) is 14.7 Å². The van der Waals surface area contributed by atoms with Crippen LogP contribution < -0.4 is 4.90 Å². The Hall–Kier alpha value is -3.22. The number of hydrogen-bond acceptors (Lipinski definition) is 7. The van der Waals surface area contributed by atoms with Gasteiger partial charge < -0.3 is 9.64 Å². The number of carbonyl (C=O) groups excluding carboxylic acids is 2. The van der Waals surface area contributed by atoms with Crippen LogP contribution in [0.4, 0.5) is 10.6 Å². The fraction of sp³-hybridized carbons (Fsp3) is 0.350. The van der Waals surface area contributed by atoms with Crippen LogP contribution in [-0.4, -0.2) is 69.5 Å². The van der Waals surface area contributed by atoms with Gasteiger partial charge in [-0.1, -0.05) is 17.5 Å². The van der Waals surface area contributed by atoms with Crippen molar-refractivity contribution in [1.82, 2.24) is 24.8 Å². The number of halogens is 1. The first kappa shape index (κ1) is 20.1. The fourth-order valence-corrected chi connectivity index (χ4v) is 3.44. The number of pyridine rings is 1. The molecule has 1 atom stereocenters. The van der Waals surface area contributed by atoms with Crippen LogP contribution in [0, 0.1) is 11.8 Å². The molecule has 2 amide bonds. The third kappa shape index (κ3) is 3.92. The molecule has 1 fully saturated rings. The van der Waals surface area contributed by atoms with Gasteiger partial charge in [0.1, 0.15) is 11.5 Å². The summed E-state index contributed by atoms with van der Waals surface area (Å²) in [5.41, 5.74) is 0.416. The molecule has 0 unspecified atom stereocenters. The minimum atomic E-state index is -1.05. The maximum Gasteiger partial charge on any atom is 0.412 e. The summed E-state index contributed by atoms with van der Waals surface area (Å²) in [6.45, 7) is 4.90. The summed E-state index contributed by atoms with van der Waals surface area (Å²) in [4.78, 5) is 43.4. The van der Waals surface area contributed by atoms with Gasteiger partial charge in [0.25, 0.3) is 5.91 Å². The van der Waals surface area contributed by atoms with Crippen LogP contribution >= 0.6 is 11.6 Å². The first-order valence-electron chi connectivity index (χ1n) is 9.42. The number of hydrogen-bond donors (Lipinski definition) is 0. The third-order valence-electron chi connectivity index (χ3n) is 4.90. The molecule has 0 N–H and O–H groups in total. The SMILES string of the molecule is CC#CCN1CCN(C(=O)O[C@H]2c3nccnc3C(=O)N2c2ccc(Cl)cn2)CC1. The van der Waals surface area contributed by atoms with E-state index in [0.29, 0.717) is 43.6 Å². The monoisotopic (exact) mass is 426 g/mol. The molecule has 4 heterocycles. The van der Waals surface area contributed by atoms with Crippen molar-refractivity contribution in [3.05, 3.63) is 47.1 Å². The molecule has 0 aliphatic carbocycles. The van der Waals surface area contributed by atoms with E-state index in [4.69, 9.17) is 16.3 Å². The summed E-state index contributed by atoms with van der Waals surface area (Å²) in [5.74, 6) is 5.76. The summed E-state index contributed by atoms with van der Waals surface area (Å²) in [7, 11) is 0. The first-order chi connectivity index (χ1) is 14.6. The number of carbonyl (C=O) groups is 2. The Kier molecular flexibility index (Phi) is 5.79. The highest BCUT2D eigenvalue weighted by atomic mass is 35.5. The lowest BCUT2D eigenvalue weighted by molar-refractivity contribution is 0.0463. The van der Waals surface area contributed by atoms with Gasteiger partial charge in [-0.2, -0.15) is 0 Å². The van der Waals surface area contributed by atoms with Crippen molar-refractivity contribution in [3.63, 3.8) is 0 Å². The highest BCUT2D eigenvalue weighted by molar-refractivity contribution is 6.30. The molecule has 4 rings (SSSR count). The minimum absolute atomic E-state index is 0.134. The smallest absolute Gasteiger partial charge is 0.412 e. The van der Waals surface area contributed by atoms with Gasteiger partial charge in [0.05, 0.1) is 11.6 Å². The van der Waals surface area contributed by atoms with Crippen LogP contribution in [0.3, 0.4) is 0 Å². The van der Waals surface area contributed by atoms with Gasteiger partial charge in [-0.25, -0.2) is 19.7 Å². The van der Waals surface area contributed by atoms with E-state index in [9.17, 15) is 9.59 Å². The largest absolute Gasteiger partial charge is 0.419 e. The maximum atomic E-state index is 12.9. The summed E-state index contributed by atoms with van der Waals surface area (Å²) in [6, 6.07) is 3.19. The maximum absolute atomic E-state index is 12.9. The highest BCUT2D eigenvalue weighted by Gasteiger charge is 2.44. The number of aromatic nitrogens is 3. The second-order valence-corrected chi connectivity index (χ2v) is 7.16. The molecule has 2 aliphatic rings. The van der Waals surface area contributed by atoms with Crippen LogP contribution in [0.5, 0.6) is 0 Å². The van der Waals surface area contributed by atoms with Crippen molar-refractivity contribution >= 4 is 29.4 Å². The van der Waals surface area contributed by atoms with Crippen LogP contribution in [-0.2, 0) is 4.74 Å². The Labute approximate surface area is 178 Å². The van der Waals surface area contributed by atoms with E-state index < -0.39 is 18.2 Å². The number of piperazine rings is 1. The van der Waals surface area contributed by atoms with Gasteiger partial charge in [0.2, 0.25) is 6.23 Å². The summed E-state index contributed by atoms with van der Waals surface area (Å²) >= 11 is 5.91. The van der Waals surface area contributed by atoms with E-state index in [0.717, 1.165) is 0 Å². The third-order valence-corrected chi connectivity index (χ3v) is 5.12. The van der Waals surface area contributed by atoms with Crippen LogP contribution in [0.25, 0.3) is 0 Å². The lowest BCUT2D eigenvalue weighted by Crippen LogP contribution is -2.49. The molecule has 1 saturated heterocycles. The van der Waals surface area contributed by atoms with E-state index >= 15 is 0 Å². The molecule has 30 heavy (non-hydrogen) atoms. The predicted molar refractivity (Wildman–Crippen MR) is 109 cm³/mol. The molecule has 0 bridgehead atoms. The topological polar surface area (TPSA) is 91.8 Å². The van der Waals surface area contributed by atoms with E-state index in [2.05, 4.69) is 31.7 Å². The van der Waals surface area contributed by atoms with Gasteiger partial charge in [-0.15, -0.1) is 5.92 Å². The second kappa shape index (κ2) is 8.65. The molecular weight excluding hydrogens is 408 g/mol. The van der Waals surface area contributed by atoms with E-state index in [1.54, 1.807) is 24.0 Å². The molecule has 2 aromatic rings. The fourth-order valence-electron chi connectivity index (χ4n) is 3.33. The van der Waals surface area contributed by atoms with E-state index in [1.165, 1.54) is 23.5 Å². The van der Waals surface area contributed by atoms with Crippen molar-refractivity contribution in [2.45, 2.75) is 13.2 Å². The lowest BCUT2D eigenvalue weighted by Gasteiger charge is -2.34. The Morgan fingerprint density at radius 3 is 2.67 bits per heavy atom. The summed E-state index contributed by atoms with van der Waals surface area (Å²) < 4.78 is 5.73. The second-order valence-electron chi connectivity index (χ2n) is 6.73. The van der Waals surface area contributed by atoms with Crippen molar-refractivity contribution in [2.75, 3.05) is 37.6 Å². The minimum Gasteiger partial charge on any atom is -0.419 e. The molecular formula is C20H19ClN6O3. The Morgan fingerprint density at radius 1 is 1.20 bits per heavy atom. The van der Waals surface area contributed by atoms with Gasteiger partial charge in [0.15, 0.2) is 5.69 Å². The standard InChI is InChI=1S/C20H19ClN6O3/c1-2-3-8-25-9-11-26(12-10-25)20(29)30-19-17-16(22-6-7-23-17)18(28)27(19)15-5-4-14(21)13-24-15/h4-7,13,19H,8-12H2,1H3/t19-/m0/s1.